The highest BCUT2D eigenvalue weighted by atomic mass is 15.1. The van der Waals surface area contributed by atoms with Crippen LogP contribution in [-0.2, 0) is 0 Å². The van der Waals surface area contributed by atoms with Gasteiger partial charge in [0.15, 0.2) is 0 Å². The summed E-state index contributed by atoms with van der Waals surface area (Å²) in [5.74, 6) is 0.974. The van der Waals surface area contributed by atoms with Crippen LogP contribution in [0.4, 0.5) is 0 Å². The molecule has 0 heterocycles. The molecule has 0 bridgehead atoms. The molecular weight excluding hydrogens is 196 g/mol. The third kappa shape index (κ3) is 2.77. The fourth-order valence-corrected chi connectivity index (χ4v) is 3.21. The number of nitriles is 1. The first-order valence-electron chi connectivity index (χ1n) is 6.84. The first kappa shape index (κ1) is 11.9. The van der Waals surface area contributed by atoms with Crippen molar-refractivity contribution in [2.75, 3.05) is 20.1 Å². The molecule has 2 saturated carbocycles. The molecule has 2 aliphatic rings. The molecule has 2 heteroatoms. The van der Waals surface area contributed by atoms with Gasteiger partial charge in [0.2, 0.25) is 0 Å². The van der Waals surface area contributed by atoms with Crippen molar-refractivity contribution in [2.45, 2.75) is 51.4 Å². The van der Waals surface area contributed by atoms with E-state index >= 15 is 0 Å². The van der Waals surface area contributed by atoms with E-state index in [1.165, 1.54) is 45.1 Å². The van der Waals surface area contributed by atoms with E-state index in [0.29, 0.717) is 0 Å². The zero-order valence-corrected chi connectivity index (χ0v) is 10.5. The highest BCUT2D eigenvalue weighted by molar-refractivity contribution is 5.06. The molecule has 0 saturated heterocycles. The molecule has 2 nitrogen and oxygen atoms in total. The SMILES string of the molecule is CN(CCC1CCCC1)CC1(C#N)CCC1. The van der Waals surface area contributed by atoms with E-state index in [4.69, 9.17) is 0 Å². The lowest BCUT2D eigenvalue weighted by Crippen LogP contribution is -2.40. The zero-order valence-electron chi connectivity index (χ0n) is 10.5. The smallest absolute Gasteiger partial charge is 0.0703 e. The van der Waals surface area contributed by atoms with E-state index in [-0.39, 0.29) is 5.41 Å². The van der Waals surface area contributed by atoms with Crippen molar-refractivity contribution in [1.29, 1.82) is 5.26 Å². The Balaban J connectivity index is 1.67. The van der Waals surface area contributed by atoms with Crippen molar-refractivity contribution >= 4 is 0 Å². The van der Waals surface area contributed by atoms with Crippen LogP contribution in [0.3, 0.4) is 0 Å². The predicted octanol–water partition coefficient (Wildman–Crippen LogP) is 3.19. The van der Waals surface area contributed by atoms with Crippen LogP contribution in [0, 0.1) is 22.7 Å². The summed E-state index contributed by atoms with van der Waals surface area (Å²) in [5, 5.41) is 9.19. The third-order valence-electron chi connectivity index (χ3n) is 4.51. The predicted molar refractivity (Wildman–Crippen MR) is 66.0 cm³/mol. The van der Waals surface area contributed by atoms with Crippen molar-refractivity contribution in [3.63, 3.8) is 0 Å². The van der Waals surface area contributed by atoms with Crippen LogP contribution in [-0.4, -0.2) is 25.0 Å². The molecule has 2 aliphatic carbocycles. The van der Waals surface area contributed by atoms with Gasteiger partial charge in [-0.1, -0.05) is 32.1 Å². The molecular formula is C14H24N2. The minimum atomic E-state index is 0.0183. The van der Waals surface area contributed by atoms with Crippen molar-refractivity contribution in [2.24, 2.45) is 11.3 Å². The Hall–Kier alpha value is -0.550. The number of nitrogens with zero attached hydrogens (tertiary/aromatic N) is 2. The van der Waals surface area contributed by atoms with Crippen LogP contribution in [0.25, 0.3) is 0 Å². The highest BCUT2D eigenvalue weighted by Gasteiger charge is 2.37. The fourth-order valence-electron chi connectivity index (χ4n) is 3.21. The van der Waals surface area contributed by atoms with Crippen LogP contribution in [0.15, 0.2) is 0 Å². The van der Waals surface area contributed by atoms with Gasteiger partial charge in [0.1, 0.15) is 0 Å². The van der Waals surface area contributed by atoms with Crippen LogP contribution in [0.1, 0.15) is 51.4 Å². The van der Waals surface area contributed by atoms with Gasteiger partial charge in [-0.15, -0.1) is 0 Å². The van der Waals surface area contributed by atoms with Crippen molar-refractivity contribution in [3.05, 3.63) is 0 Å². The number of hydrogen-bond acceptors (Lipinski definition) is 2. The Kier molecular flexibility index (Phi) is 3.86. The van der Waals surface area contributed by atoms with E-state index < -0.39 is 0 Å². The van der Waals surface area contributed by atoms with E-state index in [0.717, 1.165) is 25.3 Å². The summed E-state index contributed by atoms with van der Waals surface area (Å²) >= 11 is 0. The lowest BCUT2D eigenvalue weighted by molar-refractivity contribution is 0.134. The average molecular weight is 220 g/mol. The summed E-state index contributed by atoms with van der Waals surface area (Å²) in [4.78, 5) is 2.39. The second-order valence-electron chi connectivity index (χ2n) is 5.92. The van der Waals surface area contributed by atoms with E-state index in [1.54, 1.807) is 0 Å². The molecule has 0 aromatic rings. The Bertz CT molecular complexity index is 256. The molecule has 2 rings (SSSR count). The van der Waals surface area contributed by atoms with Gasteiger partial charge in [-0.2, -0.15) is 5.26 Å². The fraction of sp³-hybridized carbons (Fsp3) is 0.929. The molecule has 0 N–H and O–H groups in total. The molecule has 0 radical (unpaired) electrons. The normalized spacial score (nSPS) is 24.3. The molecule has 90 valence electrons. The van der Waals surface area contributed by atoms with Gasteiger partial charge < -0.3 is 4.90 Å². The first-order valence-corrected chi connectivity index (χ1v) is 6.84. The zero-order chi connectivity index (χ0) is 11.4. The average Bonchev–Trinajstić information content (AvgIpc) is 2.73. The van der Waals surface area contributed by atoms with Crippen LogP contribution in [0.5, 0.6) is 0 Å². The molecule has 0 amide bonds. The van der Waals surface area contributed by atoms with Crippen LogP contribution >= 0.6 is 0 Å². The van der Waals surface area contributed by atoms with Crippen molar-refractivity contribution in [3.8, 4) is 6.07 Å². The van der Waals surface area contributed by atoms with E-state index in [2.05, 4.69) is 18.0 Å². The summed E-state index contributed by atoms with van der Waals surface area (Å²) in [6.07, 6.45) is 10.6. The first-order chi connectivity index (χ1) is 7.74. The van der Waals surface area contributed by atoms with Gasteiger partial charge in [-0.3, -0.25) is 0 Å². The Morgan fingerprint density at radius 1 is 1.25 bits per heavy atom. The lowest BCUT2D eigenvalue weighted by Gasteiger charge is -2.38. The molecule has 0 aromatic heterocycles. The van der Waals surface area contributed by atoms with Crippen LogP contribution < -0.4 is 0 Å². The van der Waals surface area contributed by atoms with E-state index in [9.17, 15) is 5.26 Å². The Morgan fingerprint density at radius 2 is 1.94 bits per heavy atom. The lowest BCUT2D eigenvalue weighted by atomic mass is 9.69. The topological polar surface area (TPSA) is 27.0 Å². The highest BCUT2D eigenvalue weighted by Crippen LogP contribution is 2.40. The minimum absolute atomic E-state index is 0.0183. The Morgan fingerprint density at radius 3 is 2.44 bits per heavy atom. The monoisotopic (exact) mass is 220 g/mol. The molecule has 0 aliphatic heterocycles. The summed E-state index contributed by atoms with van der Waals surface area (Å²) in [6, 6.07) is 2.53. The molecule has 0 aromatic carbocycles. The molecule has 16 heavy (non-hydrogen) atoms. The second kappa shape index (κ2) is 5.19. The third-order valence-corrected chi connectivity index (χ3v) is 4.51. The standard InChI is InChI=1S/C14H24N2/c1-16(10-7-13-5-2-3-6-13)12-14(11-15)8-4-9-14/h13H,2-10,12H2,1H3. The van der Waals surface area contributed by atoms with Crippen molar-refractivity contribution < 1.29 is 0 Å². The molecule has 0 spiro atoms. The maximum Gasteiger partial charge on any atom is 0.0703 e. The molecule has 0 unspecified atom stereocenters. The van der Waals surface area contributed by atoms with Gasteiger partial charge >= 0.3 is 0 Å². The van der Waals surface area contributed by atoms with Gasteiger partial charge in [-0.25, -0.2) is 0 Å². The molecule has 0 atom stereocenters. The number of hydrogen-bond donors (Lipinski definition) is 0. The van der Waals surface area contributed by atoms with Gasteiger partial charge in [0.05, 0.1) is 11.5 Å². The summed E-state index contributed by atoms with van der Waals surface area (Å²) in [7, 11) is 2.19. The minimum Gasteiger partial charge on any atom is -0.305 e. The summed E-state index contributed by atoms with van der Waals surface area (Å²) in [6.45, 7) is 2.18. The quantitative estimate of drug-likeness (QED) is 0.711. The molecule has 2 fully saturated rings. The number of rotatable bonds is 5. The van der Waals surface area contributed by atoms with Gasteiger partial charge in [-0.05, 0) is 38.8 Å². The largest absolute Gasteiger partial charge is 0.305 e. The van der Waals surface area contributed by atoms with Crippen molar-refractivity contribution in [1.82, 2.24) is 4.90 Å². The summed E-state index contributed by atoms with van der Waals surface area (Å²) < 4.78 is 0. The van der Waals surface area contributed by atoms with Crippen LogP contribution in [0.2, 0.25) is 0 Å². The van der Waals surface area contributed by atoms with Gasteiger partial charge in [0, 0.05) is 6.54 Å². The van der Waals surface area contributed by atoms with E-state index in [1.807, 2.05) is 0 Å². The summed E-state index contributed by atoms with van der Waals surface area (Å²) in [5.41, 5.74) is 0.0183. The second-order valence-corrected chi connectivity index (χ2v) is 5.92. The Labute approximate surface area is 99.6 Å². The maximum atomic E-state index is 9.19. The maximum absolute atomic E-state index is 9.19. The van der Waals surface area contributed by atoms with Gasteiger partial charge in [0.25, 0.3) is 0 Å².